The van der Waals surface area contributed by atoms with Crippen LogP contribution in [0, 0.1) is 27.7 Å². The average molecular weight is 279 g/mol. The number of hydrogen-bond donors (Lipinski definition) is 0. The summed E-state index contributed by atoms with van der Waals surface area (Å²) in [5, 5.41) is 4.57. The minimum Gasteiger partial charge on any atom is -0.237 e. The van der Waals surface area contributed by atoms with Gasteiger partial charge in [-0.2, -0.15) is 5.10 Å². The van der Waals surface area contributed by atoms with Crippen molar-refractivity contribution in [1.29, 1.82) is 0 Å². The highest BCUT2D eigenvalue weighted by Crippen LogP contribution is 2.22. The van der Waals surface area contributed by atoms with Crippen LogP contribution in [0.1, 0.15) is 22.5 Å². The molecule has 2 rings (SSSR count). The normalized spacial score (nSPS) is 10.8. The van der Waals surface area contributed by atoms with E-state index in [2.05, 4.69) is 53.9 Å². The molecule has 0 aliphatic carbocycles. The SMILES string of the molecule is Cc1cc(Br)ccc1-n1nc(C)c(C)c1C. The number of benzene rings is 1. The van der Waals surface area contributed by atoms with Crippen molar-refractivity contribution in [3.63, 3.8) is 0 Å². The van der Waals surface area contributed by atoms with E-state index in [1.165, 1.54) is 16.8 Å². The summed E-state index contributed by atoms with van der Waals surface area (Å²) in [4.78, 5) is 0. The molecule has 0 atom stereocenters. The van der Waals surface area contributed by atoms with Gasteiger partial charge in [0, 0.05) is 10.2 Å². The van der Waals surface area contributed by atoms with Crippen LogP contribution in [0.2, 0.25) is 0 Å². The van der Waals surface area contributed by atoms with Crippen molar-refractivity contribution in [2.45, 2.75) is 27.7 Å². The summed E-state index contributed by atoms with van der Waals surface area (Å²) in [7, 11) is 0. The summed E-state index contributed by atoms with van der Waals surface area (Å²) in [5.41, 5.74) is 5.95. The topological polar surface area (TPSA) is 17.8 Å². The lowest BCUT2D eigenvalue weighted by Crippen LogP contribution is -2.01. The van der Waals surface area contributed by atoms with Crippen molar-refractivity contribution in [1.82, 2.24) is 9.78 Å². The molecule has 0 bridgehead atoms. The van der Waals surface area contributed by atoms with Gasteiger partial charge in [0.25, 0.3) is 0 Å². The summed E-state index contributed by atoms with van der Waals surface area (Å²) in [6, 6.07) is 6.26. The molecule has 0 saturated carbocycles. The maximum atomic E-state index is 4.57. The molecule has 1 aromatic carbocycles. The smallest absolute Gasteiger partial charge is 0.0678 e. The molecule has 0 aliphatic rings. The quantitative estimate of drug-likeness (QED) is 0.774. The van der Waals surface area contributed by atoms with Gasteiger partial charge in [-0.05, 0) is 57.0 Å². The zero-order valence-electron chi connectivity index (χ0n) is 10.0. The third kappa shape index (κ3) is 1.80. The van der Waals surface area contributed by atoms with Gasteiger partial charge in [-0.3, -0.25) is 0 Å². The predicted octanol–water partition coefficient (Wildman–Crippen LogP) is 3.87. The van der Waals surface area contributed by atoms with Crippen LogP contribution in [-0.2, 0) is 0 Å². The number of aromatic nitrogens is 2. The van der Waals surface area contributed by atoms with Crippen molar-refractivity contribution in [3.8, 4) is 5.69 Å². The van der Waals surface area contributed by atoms with Gasteiger partial charge in [0.2, 0.25) is 0 Å². The Morgan fingerprint density at radius 1 is 1.12 bits per heavy atom. The molecule has 0 radical (unpaired) electrons. The summed E-state index contributed by atoms with van der Waals surface area (Å²) >= 11 is 3.48. The Balaban J connectivity index is 2.63. The van der Waals surface area contributed by atoms with E-state index < -0.39 is 0 Å². The Kier molecular flexibility index (Phi) is 2.89. The Morgan fingerprint density at radius 3 is 2.31 bits per heavy atom. The van der Waals surface area contributed by atoms with E-state index in [-0.39, 0.29) is 0 Å². The van der Waals surface area contributed by atoms with Crippen molar-refractivity contribution < 1.29 is 0 Å². The second-order valence-corrected chi connectivity index (χ2v) is 5.05. The van der Waals surface area contributed by atoms with E-state index in [9.17, 15) is 0 Å². The van der Waals surface area contributed by atoms with Crippen molar-refractivity contribution in [2.24, 2.45) is 0 Å². The summed E-state index contributed by atoms with van der Waals surface area (Å²) < 4.78 is 3.12. The van der Waals surface area contributed by atoms with Gasteiger partial charge in [0.1, 0.15) is 0 Å². The second-order valence-electron chi connectivity index (χ2n) is 4.14. The van der Waals surface area contributed by atoms with E-state index in [1.54, 1.807) is 0 Å². The van der Waals surface area contributed by atoms with Crippen molar-refractivity contribution in [2.75, 3.05) is 0 Å². The third-order valence-corrected chi connectivity index (χ3v) is 3.53. The number of halogens is 1. The lowest BCUT2D eigenvalue weighted by Gasteiger charge is -2.08. The van der Waals surface area contributed by atoms with Gasteiger partial charge in [0.15, 0.2) is 0 Å². The van der Waals surface area contributed by atoms with Gasteiger partial charge >= 0.3 is 0 Å². The first kappa shape index (κ1) is 11.4. The van der Waals surface area contributed by atoms with Crippen LogP contribution in [0.5, 0.6) is 0 Å². The maximum absolute atomic E-state index is 4.57. The molecule has 84 valence electrons. The molecule has 2 nitrogen and oxygen atoms in total. The van der Waals surface area contributed by atoms with E-state index in [0.717, 1.165) is 15.9 Å². The third-order valence-electron chi connectivity index (χ3n) is 3.04. The standard InChI is InChI=1S/C13H15BrN2/c1-8-7-12(14)5-6-13(8)16-11(4)9(2)10(3)15-16/h5-7H,1-4H3. The fraction of sp³-hybridized carbons (Fsp3) is 0.308. The second kappa shape index (κ2) is 4.06. The fourth-order valence-corrected chi connectivity index (χ4v) is 2.29. The number of nitrogens with zero attached hydrogens (tertiary/aromatic N) is 2. The zero-order valence-corrected chi connectivity index (χ0v) is 11.6. The van der Waals surface area contributed by atoms with Gasteiger partial charge in [-0.1, -0.05) is 15.9 Å². The minimum absolute atomic E-state index is 1.10. The maximum Gasteiger partial charge on any atom is 0.0678 e. The summed E-state index contributed by atoms with van der Waals surface area (Å²) in [5.74, 6) is 0. The number of rotatable bonds is 1. The monoisotopic (exact) mass is 278 g/mol. The highest BCUT2D eigenvalue weighted by atomic mass is 79.9. The van der Waals surface area contributed by atoms with Gasteiger partial charge < -0.3 is 0 Å². The van der Waals surface area contributed by atoms with Crippen LogP contribution in [0.25, 0.3) is 5.69 Å². The summed E-state index contributed by atoms with van der Waals surface area (Å²) in [6.07, 6.45) is 0. The molecule has 0 fully saturated rings. The number of hydrogen-bond acceptors (Lipinski definition) is 1. The van der Waals surface area contributed by atoms with Crippen molar-refractivity contribution in [3.05, 3.63) is 45.2 Å². The molecule has 0 N–H and O–H groups in total. The molecule has 0 amide bonds. The first-order valence-electron chi connectivity index (χ1n) is 5.30. The first-order valence-corrected chi connectivity index (χ1v) is 6.09. The van der Waals surface area contributed by atoms with Crippen LogP contribution in [0.4, 0.5) is 0 Å². The lowest BCUT2D eigenvalue weighted by molar-refractivity contribution is 0.827. The van der Waals surface area contributed by atoms with Gasteiger partial charge in [-0.15, -0.1) is 0 Å². The molecule has 1 heterocycles. The molecule has 1 aromatic heterocycles. The minimum atomic E-state index is 1.10. The molecular formula is C13H15BrN2. The fourth-order valence-electron chi connectivity index (χ4n) is 1.81. The Morgan fingerprint density at radius 2 is 1.81 bits per heavy atom. The largest absolute Gasteiger partial charge is 0.237 e. The average Bonchev–Trinajstić information content (AvgIpc) is 2.46. The van der Waals surface area contributed by atoms with Crippen LogP contribution in [0.3, 0.4) is 0 Å². The molecule has 3 heteroatoms. The molecular weight excluding hydrogens is 264 g/mol. The van der Waals surface area contributed by atoms with Crippen LogP contribution in [0.15, 0.2) is 22.7 Å². The summed E-state index contributed by atoms with van der Waals surface area (Å²) in [6.45, 7) is 8.37. The predicted molar refractivity (Wildman–Crippen MR) is 70.2 cm³/mol. The van der Waals surface area contributed by atoms with E-state index in [4.69, 9.17) is 0 Å². The molecule has 0 saturated heterocycles. The molecule has 0 unspecified atom stereocenters. The van der Waals surface area contributed by atoms with Gasteiger partial charge in [-0.25, -0.2) is 4.68 Å². The molecule has 0 aliphatic heterocycles. The van der Waals surface area contributed by atoms with Crippen molar-refractivity contribution >= 4 is 15.9 Å². The van der Waals surface area contributed by atoms with Crippen LogP contribution >= 0.6 is 15.9 Å². The van der Waals surface area contributed by atoms with E-state index in [0.29, 0.717) is 0 Å². The lowest BCUT2D eigenvalue weighted by atomic mass is 10.2. The highest BCUT2D eigenvalue weighted by Gasteiger charge is 2.10. The molecule has 0 spiro atoms. The molecule has 16 heavy (non-hydrogen) atoms. The highest BCUT2D eigenvalue weighted by molar-refractivity contribution is 9.10. The first-order chi connectivity index (χ1) is 7.50. The van der Waals surface area contributed by atoms with Crippen LogP contribution in [-0.4, -0.2) is 9.78 Å². The van der Waals surface area contributed by atoms with E-state index >= 15 is 0 Å². The Hall–Kier alpha value is -1.09. The van der Waals surface area contributed by atoms with Gasteiger partial charge in [0.05, 0.1) is 11.4 Å². The Bertz CT molecular complexity index is 541. The van der Waals surface area contributed by atoms with E-state index in [1.807, 2.05) is 17.7 Å². The zero-order chi connectivity index (χ0) is 11.9. The molecule has 2 aromatic rings. The van der Waals surface area contributed by atoms with Crippen LogP contribution < -0.4 is 0 Å². The Labute approximate surface area is 104 Å². The number of aryl methyl sites for hydroxylation is 2.